The number of hydrogen-bond acceptors (Lipinski definition) is 8. The highest BCUT2D eigenvalue weighted by atomic mass is 16.6. The molecular weight excluding hydrogens is 428 g/mol. The summed E-state index contributed by atoms with van der Waals surface area (Å²) in [7, 11) is 1.73. The second kappa shape index (κ2) is 11.1. The molecule has 2 N–H and O–H groups in total. The quantitative estimate of drug-likeness (QED) is 0.577. The van der Waals surface area contributed by atoms with Crippen LogP contribution in [0.2, 0.25) is 0 Å². The van der Waals surface area contributed by atoms with Crippen molar-refractivity contribution in [3.8, 4) is 17.3 Å². The summed E-state index contributed by atoms with van der Waals surface area (Å²) in [6.45, 7) is 5.85. The van der Waals surface area contributed by atoms with E-state index in [4.69, 9.17) is 9.47 Å². The summed E-state index contributed by atoms with van der Waals surface area (Å²) in [5, 5.41) is 20.2. The van der Waals surface area contributed by atoms with Gasteiger partial charge in [0.25, 0.3) is 0 Å². The Morgan fingerprint density at radius 3 is 2.85 bits per heavy atom. The van der Waals surface area contributed by atoms with Crippen LogP contribution >= 0.6 is 0 Å². The molecule has 0 unspecified atom stereocenters. The molecule has 2 aromatic heterocycles. The monoisotopic (exact) mass is 460 g/mol. The zero-order chi connectivity index (χ0) is 24.0. The van der Waals surface area contributed by atoms with Crippen molar-refractivity contribution in [2.75, 3.05) is 0 Å². The Morgan fingerprint density at radius 2 is 2.15 bits per heavy atom. The number of rotatable bonds is 9. The zero-order valence-electron chi connectivity index (χ0n) is 19.6. The number of carboxylic acids is 1. The standard InChI is InChI=1S/C22H32N6O5/c1-5-7-13(2)32-22(31)24-12-18-19(26-27-28(18)4)17-11-23-20(14(3)25-17)33-16-9-6-8-15(10-16)21(29)30/h11,13,15-16H,5-10,12H2,1-4H3,(H,24,31)(H,29,30)/t13-,15+,16+/m1/s1. The molecule has 33 heavy (non-hydrogen) atoms. The van der Waals surface area contributed by atoms with Crippen molar-refractivity contribution in [2.24, 2.45) is 13.0 Å². The Labute approximate surface area is 192 Å². The lowest BCUT2D eigenvalue weighted by atomic mass is 9.87. The van der Waals surface area contributed by atoms with Gasteiger partial charge in [-0.05, 0) is 46.0 Å². The van der Waals surface area contributed by atoms with Gasteiger partial charge in [0.05, 0.1) is 24.4 Å². The third kappa shape index (κ3) is 6.39. The maximum absolute atomic E-state index is 12.1. The van der Waals surface area contributed by atoms with Crippen LogP contribution in [-0.2, 0) is 23.1 Å². The molecule has 1 amide bonds. The number of carbonyl (C=O) groups excluding carboxylic acids is 1. The van der Waals surface area contributed by atoms with Gasteiger partial charge in [-0.15, -0.1) is 5.10 Å². The number of ether oxygens (including phenoxy) is 2. The number of nitrogens with one attached hydrogen (secondary N) is 1. The fraction of sp³-hybridized carbons (Fsp3) is 0.636. The van der Waals surface area contributed by atoms with Gasteiger partial charge in [0.15, 0.2) is 0 Å². The second-order valence-corrected chi connectivity index (χ2v) is 8.45. The number of hydrogen-bond donors (Lipinski definition) is 2. The number of aliphatic carboxylic acids is 1. The molecule has 180 valence electrons. The Morgan fingerprint density at radius 1 is 1.36 bits per heavy atom. The number of carboxylic acid groups (broad SMARTS) is 1. The van der Waals surface area contributed by atoms with Crippen molar-refractivity contribution < 1.29 is 24.2 Å². The zero-order valence-corrected chi connectivity index (χ0v) is 19.6. The van der Waals surface area contributed by atoms with Gasteiger partial charge < -0.3 is 19.9 Å². The molecule has 2 aromatic rings. The normalized spacial score (nSPS) is 19.0. The number of amides is 1. The van der Waals surface area contributed by atoms with Gasteiger partial charge in [0.2, 0.25) is 5.88 Å². The van der Waals surface area contributed by atoms with Gasteiger partial charge in [0, 0.05) is 7.05 Å². The lowest BCUT2D eigenvalue weighted by molar-refractivity contribution is -0.143. The maximum atomic E-state index is 12.1. The van der Waals surface area contributed by atoms with Gasteiger partial charge >= 0.3 is 12.1 Å². The minimum absolute atomic E-state index is 0.157. The van der Waals surface area contributed by atoms with Crippen molar-refractivity contribution in [2.45, 2.75) is 78.0 Å². The van der Waals surface area contributed by atoms with Crippen molar-refractivity contribution in [1.29, 1.82) is 0 Å². The largest absolute Gasteiger partial charge is 0.481 e. The van der Waals surface area contributed by atoms with E-state index in [0.29, 0.717) is 41.5 Å². The fourth-order valence-electron chi connectivity index (χ4n) is 3.95. The second-order valence-electron chi connectivity index (χ2n) is 8.45. The first-order chi connectivity index (χ1) is 15.8. The van der Waals surface area contributed by atoms with Crippen LogP contribution in [0.1, 0.15) is 63.8 Å². The highest BCUT2D eigenvalue weighted by Crippen LogP contribution is 2.29. The molecule has 11 nitrogen and oxygen atoms in total. The lowest BCUT2D eigenvalue weighted by Gasteiger charge is -2.27. The molecule has 1 fully saturated rings. The molecule has 3 atom stereocenters. The van der Waals surface area contributed by atoms with Crippen LogP contribution in [0.5, 0.6) is 5.88 Å². The van der Waals surface area contributed by atoms with Crippen LogP contribution in [0.3, 0.4) is 0 Å². The van der Waals surface area contributed by atoms with Crippen LogP contribution in [0.25, 0.3) is 11.4 Å². The minimum atomic E-state index is -0.783. The Bertz CT molecular complexity index is 978. The first kappa shape index (κ1) is 24.4. The van der Waals surface area contributed by atoms with E-state index in [0.717, 1.165) is 25.7 Å². The number of carbonyl (C=O) groups is 2. The SMILES string of the molecule is CCC[C@@H](C)OC(=O)NCc1c(-c2cnc(O[C@H]3CCC[C@H](C(=O)O)C3)c(C)n2)nnn1C. The average molecular weight is 461 g/mol. The fourth-order valence-corrected chi connectivity index (χ4v) is 3.95. The van der Waals surface area contributed by atoms with Crippen molar-refractivity contribution in [3.63, 3.8) is 0 Å². The van der Waals surface area contributed by atoms with Gasteiger partial charge in [-0.3, -0.25) is 4.79 Å². The van der Waals surface area contributed by atoms with E-state index in [1.54, 1.807) is 24.9 Å². The lowest BCUT2D eigenvalue weighted by Crippen LogP contribution is -2.30. The molecule has 11 heteroatoms. The number of aromatic nitrogens is 5. The molecule has 0 aromatic carbocycles. The summed E-state index contributed by atoms with van der Waals surface area (Å²) in [5.41, 5.74) is 2.24. The van der Waals surface area contributed by atoms with Crippen molar-refractivity contribution in [1.82, 2.24) is 30.3 Å². The summed E-state index contributed by atoms with van der Waals surface area (Å²) in [6, 6.07) is 0. The predicted octanol–water partition coefficient (Wildman–Crippen LogP) is 3.02. The van der Waals surface area contributed by atoms with E-state index >= 15 is 0 Å². The third-order valence-corrected chi connectivity index (χ3v) is 5.74. The summed E-state index contributed by atoms with van der Waals surface area (Å²) in [4.78, 5) is 32.3. The van der Waals surface area contributed by atoms with Gasteiger partial charge in [-0.1, -0.05) is 18.6 Å². The van der Waals surface area contributed by atoms with E-state index in [1.807, 2.05) is 13.8 Å². The van der Waals surface area contributed by atoms with E-state index in [2.05, 4.69) is 25.6 Å². The molecule has 0 spiro atoms. The first-order valence-electron chi connectivity index (χ1n) is 11.3. The molecule has 0 radical (unpaired) electrons. The van der Waals surface area contributed by atoms with E-state index in [9.17, 15) is 14.7 Å². The molecule has 1 aliphatic rings. The highest BCUT2D eigenvalue weighted by molar-refractivity contribution is 5.70. The molecule has 2 heterocycles. The van der Waals surface area contributed by atoms with Crippen molar-refractivity contribution in [3.05, 3.63) is 17.6 Å². The van der Waals surface area contributed by atoms with Crippen LogP contribution in [-0.4, -0.2) is 54.3 Å². The Hall–Kier alpha value is -3.24. The molecule has 3 rings (SSSR count). The summed E-state index contributed by atoms with van der Waals surface area (Å²) < 4.78 is 12.9. The molecule has 0 aliphatic heterocycles. The van der Waals surface area contributed by atoms with E-state index < -0.39 is 12.1 Å². The molecule has 1 aliphatic carbocycles. The van der Waals surface area contributed by atoms with E-state index in [1.165, 1.54) is 0 Å². The topological polar surface area (TPSA) is 141 Å². The van der Waals surface area contributed by atoms with Gasteiger partial charge in [-0.2, -0.15) is 0 Å². The van der Waals surface area contributed by atoms with Gasteiger partial charge in [-0.25, -0.2) is 19.4 Å². The Kier molecular flexibility index (Phi) is 8.18. The van der Waals surface area contributed by atoms with E-state index in [-0.39, 0.29) is 24.7 Å². The maximum Gasteiger partial charge on any atom is 0.407 e. The summed E-state index contributed by atoms with van der Waals surface area (Å²) in [5.74, 6) is -0.789. The van der Waals surface area contributed by atoms with Gasteiger partial charge in [0.1, 0.15) is 29.3 Å². The molecular formula is C22H32N6O5. The minimum Gasteiger partial charge on any atom is -0.481 e. The van der Waals surface area contributed by atoms with Crippen LogP contribution in [0, 0.1) is 12.8 Å². The number of aryl methyl sites for hydroxylation is 2. The number of alkyl carbamates (subject to hydrolysis) is 1. The third-order valence-electron chi connectivity index (χ3n) is 5.74. The molecule has 0 bridgehead atoms. The molecule has 0 saturated heterocycles. The number of nitrogens with zero attached hydrogens (tertiary/aromatic N) is 5. The van der Waals surface area contributed by atoms with Crippen LogP contribution in [0.4, 0.5) is 4.79 Å². The van der Waals surface area contributed by atoms with Crippen LogP contribution < -0.4 is 10.1 Å². The smallest absolute Gasteiger partial charge is 0.407 e. The van der Waals surface area contributed by atoms with Crippen LogP contribution in [0.15, 0.2) is 6.20 Å². The average Bonchev–Trinajstić information content (AvgIpc) is 3.14. The Balaban J connectivity index is 1.67. The highest BCUT2D eigenvalue weighted by Gasteiger charge is 2.29. The first-order valence-corrected chi connectivity index (χ1v) is 11.3. The summed E-state index contributed by atoms with van der Waals surface area (Å²) in [6.07, 6.45) is 5.16. The summed E-state index contributed by atoms with van der Waals surface area (Å²) >= 11 is 0. The van der Waals surface area contributed by atoms with Crippen molar-refractivity contribution >= 4 is 12.1 Å². The predicted molar refractivity (Wildman–Crippen MR) is 118 cm³/mol. The molecule has 1 saturated carbocycles.